The maximum Gasteiger partial charge on any atom is 0.224 e. The standard InChI is InChI=1S/C15H18N4O2/c20-14(6-1-11-7-8-16-9-11)18-13-4-2-12(3-5-13)15-17-10-21-19-15/h2-5,10-11,16H,1,6-9H2,(H,18,20). The molecule has 1 atom stereocenters. The summed E-state index contributed by atoms with van der Waals surface area (Å²) < 4.78 is 4.71. The molecule has 1 aliphatic rings. The molecule has 110 valence electrons. The highest BCUT2D eigenvalue weighted by Crippen LogP contribution is 2.19. The molecule has 1 unspecified atom stereocenters. The van der Waals surface area contributed by atoms with Crippen molar-refractivity contribution in [2.45, 2.75) is 19.3 Å². The van der Waals surface area contributed by atoms with Gasteiger partial charge in [0.1, 0.15) is 0 Å². The molecule has 0 spiro atoms. The van der Waals surface area contributed by atoms with Gasteiger partial charge in [0, 0.05) is 17.7 Å². The predicted molar refractivity (Wildman–Crippen MR) is 78.6 cm³/mol. The first-order valence-electron chi connectivity index (χ1n) is 7.18. The van der Waals surface area contributed by atoms with Gasteiger partial charge in [0.05, 0.1) is 0 Å². The van der Waals surface area contributed by atoms with Gasteiger partial charge in [-0.3, -0.25) is 4.79 Å². The summed E-state index contributed by atoms with van der Waals surface area (Å²) in [7, 11) is 0. The zero-order valence-electron chi connectivity index (χ0n) is 11.7. The molecule has 21 heavy (non-hydrogen) atoms. The van der Waals surface area contributed by atoms with Crippen molar-refractivity contribution in [3.05, 3.63) is 30.7 Å². The second-order valence-corrected chi connectivity index (χ2v) is 5.28. The summed E-state index contributed by atoms with van der Waals surface area (Å²) in [6.45, 7) is 2.11. The minimum Gasteiger partial charge on any atom is -0.342 e. The topological polar surface area (TPSA) is 80.0 Å². The average molecular weight is 286 g/mol. The third kappa shape index (κ3) is 3.66. The van der Waals surface area contributed by atoms with E-state index in [1.165, 1.54) is 12.8 Å². The van der Waals surface area contributed by atoms with Crippen LogP contribution in [0.3, 0.4) is 0 Å². The summed E-state index contributed by atoms with van der Waals surface area (Å²) in [5.41, 5.74) is 1.65. The Bertz CT molecular complexity index is 574. The molecule has 1 aromatic heterocycles. The molecule has 3 rings (SSSR count). The highest BCUT2D eigenvalue weighted by molar-refractivity contribution is 5.90. The number of amides is 1. The van der Waals surface area contributed by atoms with Crippen molar-refractivity contribution in [3.63, 3.8) is 0 Å². The highest BCUT2D eigenvalue weighted by atomic mass is 16.5. The fourth-order valence-electron chi connectivity index (χ4n) is 2.52. The van der Waals surface area contributed by atoms with Crippen molar-refractivity contribution < 1.29 is 9.32 Å². The smallest absolute Gasteiger partial charge is 0.224 e. The van der Waals surface area contributed by atoms with E-state index in [4.69, 9.17) is 4.52 Å². The molecule has 0 aliphatic carbocycles. The van der Waals surface area contributed by atoms with Crippen molar-refractivity contribution in [2.75, 3.05) is 18.4 Å². The Balaban J connectivity index is 1.51. The van der Waals surface area contributed by atoms with Crippen molar-refractivity contribution in [1.82, 2.24) is 15.5 Å². The van der Waals surface area contributed by atoms with Crippen LogP contribution in [0.1, 0.15) is 19.3 Å². The molecule has 1 fully saturated rings. The average Bonchev–Trinajstić information content (AvgIpc) is 3.19. The monoisotopic (exact) mass is 286 g/mol. The molecule has 0 bridgehead atoms. The Morgan fingerprint density at radius 2 is 2.24 bits per heavy atom. The Kier molecular flexibility index (Phi) is 4.25. The van der Waals surface area contributed by atoms with Crippen LogP contribution in [0, 0.1) is 5.92 Å². The van der Waals surface area contributed by atoms with E-state index in [1.807, 2.05) is 24.3 Å². The second-order valence-electron chi connectivity index (χ2n) is 5.28. The molecule has 0 radical (unpaired) electrons. The Morgan fingerprint density at radius 1 is 1.38 bits per heavy atom. The van der Waals surface area contributed by atoms with E-state index >= 15 is 0 Å². The van der Waals surface area contributed by atoms with Gasteiger partial charge in [0.15, 0.2) is 0 Å². The third-order valence-corrected chi connectivity index (χ3v) is 3.73. The molecule has 2 N–H and O–H groups in total. The molecule has 0 saturated carbocycles. The van der Waals surface area contributed by atoms with Gasteiger partial charge in [-0.05, 0) is 56.1 Å². The second kappa shape index (κ2) is 6.49. The molecular weight excluding hydrogens is 268 g/mol. The zero-order valence-corrected chi connectivity index (χ0v) is 11.7. The van der Waals surface area contributed by atoms with E-state index in [0.29, 0.717) is 18.2 Å². The van der Waals surface area contributed by atoms with Crippen molar-refractivity contribution in [1.29, 1.82) is 0 Å². The quantitative estimate of drug-likeness (QED) is 0.879. The lowest BCUT2D eigenvalue weighted by Crippen LogP contribution is -2.14. The molecule has 2 heterocycles. The van der Waals surface area contributed by atoms with Crippen LogP contribution < -0.4 is 10.6 Å². The van der Waals surface area contributed by atoms with Crippen LogP contribution in [0.5, 0.6) is 0 Å². The number of aromatic nitrogens is 2. The van der Waals surface area contributed by atoms with E-state index in [9.17, 15) is 4.79 Å². The predicted octanol–water partition coefficient (Wildman–Crippen LogP) is 2.06. The van der Waals surface area contributed by atoms with Crippen LogP contribution in [0.4, 0.5) is 5.69 Å². The lowest BCUT2D eigenvalue weighted by atomic mass is 10.0. The molecule has 1 amide bonds. The number of rotatable bonds is 5. The number of nitrogens with zero attached hydrogens (tertiary/aromatic N) is 2. The van der Waals surface area contributed by atoms with Crippen LogP contribution in [0.25, 0.3) is 11.4 Å². The molecule has 1 aromatic carbocycles. The largest absolute Gasteiger partial charge is 0.342 e. The number of benzene rings is 1. The van der Waals surface area contributed by atoms with Crippen LogP contribution in [-0.4, -0.2) is 29.1 Å². The van der Waals surface area contributed by atoms with Gasteiger partial charge in [0.25, 0.3) is 0 Å². The Morgan fingerprint density at radius 3 is 2.90 bits per heavy atom. The fourth-order valence-corrected chi connectivity index (χ4v) is 2.52. The lowest BCUT2D eigenvalue weighted by Gasteiger charge is -2.09. The fraction of sp³-hybridized carbons (Fsp3) is 0.400. The number of hydrogen-bond acceptors (Lipinski definition) is 5. The van der Waals surface area contributed by atoms with Gasteiger partial charge < -0.3 is 15.2 Å². The van der Waals surface area contributed by atoms with Gasteiger partial charge in [-0.25, -0.2) is 0 Å². The van der Waals surface area contributed by atoms with Gasteiger partial charge in [-0.15, -0.1) is 0 Å². The maximum atomic E-state index is 11.9. The summed E-state index contributed by atoms with van der Waals surface area (Å²) in [6.07, 6.45) is 3.98. The number of carbonyl (C=O) groups excluding carboxylic acids is 1. The number of carbonyl (C=O) groups is 1. The van der Waals surface area contributed by atoms with E-state index in [2.05, 4.69) is 20.8 Å². The van der Waals surface area contributed by atoms with Gasteiger partial charge in [-0.2, -0.15) is 4.98 Å². The summed E-state index contributed by atoms with van der Waals surface area (Å²) >= 11 is 0. The van der Waals surface area contributed by atoms with E-state index in [0.717, 1.165) is 30.8 Å². The minimum absolute atomic E-state index is 0.0641. The number of nitrogens with one attached hydrogen (secondary N) is 2. The summed E-state index contributed by atoms with van der Waals surface area (Å²) in [5, 5.41) is 10.0. The Hall–Kier alpha value is -2.21. The molecular formula is C15H18N4O2. The van der Waals surface area contributed by atoms with Crippen molar-refractivity contribution >= 4 is 11.6 Å². The van der Waals surface area contributed by atoms with Gasteiger partial charge in [0.2, 0.25) is 18.1 Å². The molecule has 1 saturated heterocycles. The van der Waals surface area contributed by atoms with E-state index in [-0.39, 0.29) is 5.91 Å². The summed E-state index contributed by atoms with van der Waals surface area (Å²) in [5.74, 6) is 1.24. The van der Waals surface area contributed by atoms with Crippen LogP contribution >= 0.6 is 0 Å². The van der Waals surface area contributed by atoms with Gasteiger partial charge >= 0.3 is 0 Å². The highest BCUT2D eigenvalue weighted by Gasteiger charge is 2.15. The first kappa shape index (κ1) is 13.8. The number of hydrogen-bond donors (Lipinski definition) is 2. The van der Waals surface area contributed by atoms with Crippen molar-refractivity contribution in [2.24, 2.45) is 5.92 Å². The van der Waals surface area contributed by atoms with Crippen molar-refractivity contribution in [3.8, 4) is 11.4 Å². The first-order chi connectivity index (χ1) is 10.3. The Labute approximate surface area is 122 Å². The minimum atomic E-state index is 0.0641. The van der Waals surface area contributed by atoms with Crippen LogP contribution in [0.15, 0.2) is 35.2 Å². The zero-order chi connectivity index (χ0) is 14.5. The van der Waals surface area contributed by atoms with E-state index < -0.39 is 0 Å². The molecule has 2 aromatic rings. The SMILES string of the molecule is O=C(CCC1CCNC1)Nc1ccc(-c2ncon2)cc1. The lowest BCUT2D eigenvalue weighted by molar-refractivity contribution is -0.116. The van der Waals surface area contributed by atoms with Crippen LogP contribution in [0.2, 0.25) is 0 Å². The molecule has 6 heteroatoms. The van der Waals surface area contributed by atoms with Gasteiger partial charge in [-0.1, -0.05) is 5.16 Å². The number of anilines is 1. The molecule has 1 aliphatic heterocycles. The third-order valence-electron chi connectivity index (χ3n) is 3.73. The molecule has 6 nitrogen and oxygen atoms in total. The maximum absolute atomic E-state index is 11.9. The normalized spacial score (nSPS) is 17.8. The first-order valence-corrected chi connectivity index (χ1v) is 7.18. The summed E-state index contributed by atoms with van der Waals surface area (Å²) in [4.78, 5) is 15.9. The van der Waals surface area contributed by atoms with E-state index in [1.54, 1.807) is 0 Å². The summed E-state index contributed by atoms with van der Waals surface area (Å²) in [6, 6.07) is 7.42. The van der Waals surface area contributed by atoms with Crippen LogP contribution in [-0.2, 0) is 4.79 Å².